The number of ether oxygens (including phenoxy) is 2. The van der Waals surface area contributed by atoms with Crippen molar-refractivity contribution < 1.29 is 49.4 Å². The Morgan fingerprint density at radius 1 is 1.11 bits per heavy atom. The smallest absolute Gasteiger partial charge is 0.202 e. The number of phenols is 3. The molecule has 3 aliphatic rings. The molecule has 0 radical (unpaired) electrons. The van der Waals surface area contributed by atoms with Crippen molar-refractivity contribution >= 4 is 17.3 Å². The number of fused-ring (bicyclic) bond motifs is 3. The van der Waals surface area contributed by atoms with Crippen LogP contribution in [-0.4, -0.2) is 73.5 Å². The van der Waals surface area contributed by atoms with Gasteiger partial charge in [0, 0.05) is 42.0 Å². The zero-order valence-electron chi connectivity index (χ0n) is 19.2. The molecule has 1 saturated heterocycles. The number of rotatable bonds is 3. The predicted molar refractivity (Wildman–Crippen MR) is 121 cm³/mol. The van der Waals surface area contributed by atoms with E-state index in [-0.39, 0.29) is 41.7 Å². The van der Waals surface area contributed by atoms with Crippen LogP contribution in [0.4, 0.5) is 0 Å². The number of aliphatic hydroxyl groups excluding tert-OH is 1. The average molecular weight is 499 g/mol. The quantitative estimate of drug-likeness (QED) is 0.272. The van der Waals surface area contributed by atoms with Gasteiger partial charge in [0.1, 0.15) is 22.8 Å². The van der Waals surface area contributed by atoms with E-state index in [2.05, 4.69) is 0 Å². The van der Waals surface area contributed by atoms with E-state index in [1.54, 1.807) is 0 Å². The topological polar surface area (TPSA) is 197 Å². The highest BCUT2D eigenvalue weighted by Crippen LogP contribution is 2.52. The van der Waals surface area contributed by atoms with Gasteiger partial charge in [0.25, 0.3) is 0 Å². The molecule has 0 saturated carbocycles. The summed E-state index contributed by atoms with van der Waals surface area (Å²) >= 11 is 0. The van der Waals surface area contributed by atoms with Gasteiger partial charge in [-0.15, -0.1) is 0 Å². The fourth-order valence-electron chi connectivity index (χ4n) is 5.20. The highest BCUT2D eigenvalue weighted by molar-refractivity contribution is 6.31. The van der Waals surface area contributed by atoms with Gasteiger partial charge in [-0.2, -0.15) is 0 Å². The Morgan fingerprint density at radius 2 is 1.81 bits per heavy atom. The van der Waals surface area contributed by atoms with Crippen LogP contribution in [-0.2, 0) is 20.7 Å². The minimum absolute atomic E-state index is 0.0574. The van der Waals surface area contributed by atoms with Crippen LogP contribution in [0.1, 0.15) is 68.8 Å². The lowest BCUT2D eigenvalue weighted by Crippen LogP contribution is -2.49. The van der Waals surface area contributed by atoms with E-state index in [0.717, 1.165) is 6.92 Å². The maximum atomic E-state index is 13.3. The minimum Gasteiger partial charge on any atom is -0.507 e. The first kappa shape index (κ1) is 24.3. The van der Waals surface area contributed by atoms with Crippen molar-refractivity contribution in [3.8, 4) is 17.2 Å². The van der Waals surface area contributed by atoms with Crippen LogP contribution in [0.2, 0.25) is 0 Å². The summed E-state index contributed by atoms with van der Waals surface area (Å²) in [5, 5.41) is 53.7. The summed E-state index contributed by atoms with van der Waals surface area (Å²) in [4.78, 5) is 39.0. The summed E-state index contributed by atoms with van der Waals surface area (Å²) in [5.41, 5.74) is 2.22. The molecule has 2 aromatic rings. The Bertz CT molecular complexity index is 1320. The number of phenolic OH excluding ortho intramolecular Hbond substituents is 3. The molecule has 2 aromatic carbocycles. The summed E-state index contributed by atoms with van der Waals surface area (Å²) in [6, 6.07) is 3.22. The summed E-state index contributed by atoms with van der Waals surface area (Å²) in [5.74, 6) is -4.12. The van der Waals surface area contributed by atoms with Crippen molar-refractivity contribution in [2.45, 2.75) is 56.3 Å². The van der Waals surface area contributed by atoms with Crippen LogP contribution in [0.5, 0.6) is 17.2 Å². The minimum atomic E-state index is -2.01. The van der Waals surface area contributed by atoms with Crippen LogP contribution in [0, 0.1) is 0 Å². The molecule has 0 bridgehead atoms. The maximum absolute atomic E-state index is 13.3. The van der Waals surface area contributed by atoms with Crippen molar-refractivity contribution in [1.29, 1.82) is 0 Å². The lowest BCUT2D eigenvalue weighted by molar-refractivity contribution is -0.223. The maximum Gasteiger partial charge on any atom is 0.202 e. The monoisotopic (exact) mass is 499 g/mol. The van der Waals surface area contributed by atoms with E-state index in [9.17, 15) is 39.9 Å². The fourth-order valence-corrected chi connectivity index (χ4v) is 5.20. The third kappa shape index (κ3) is 3.51. The van der Waals surface area contributed by atoms with Crippen molar-refractivity contribution in [3.63, 3.8) is 0 Å². The molecule has 1 aliphatic heterocycles. The van der Waals surface area contributed by atoms with Crippen LogP contribution < -0.4 is 5.73 Å². The zero-order valence-corrected chi connectivity index (χ0v) is 19.2. The second-order valence-electron chi connectivity index (χ2n) is 9.52. The van der Waals surface area contributed by atoms with Gasteiger partial charge in [0.15, 0.2) is 17.9 Å². The first-order valence-electron chi connectivity index (χ1n) is 11.4. The third-order valence-electron chi connectivity index (χ3n) is 7.26. The Kier molecular flexibility index (Phi) is 5.65. The van der Waals surface area contributed by atoms with E-state index in [1.165, 1.54) is 18.2 Å². The van der Waals surface area contributed by atoms with Gasteiger partial charge in [-0.05, 0) is 13.0 Å². The highest BCUT2D eigenvalue weighted by atomic mass is 16.7. The predicted octanol–water partition coefficient (Wildman–Crippen LogP) is 0.337. The molecule has 11 heteroatoms. The molecule has 0 spiro atoms. The van der Waals surface area contributed by atoms with Gasteiger partial charge >= 0.3 is 0 Å². The molecule has 11 nitrogen and oxygen atoms in total. The number of carbonyl (C=O) groups is 3. The molecule has 0 aromatic heterocycles. The van der Waals surface area contributed by atoms with Crippen LogP contribution >= 0.6 is 0 Å². The van der Waals surface area contributed by atoms with Crippen LogP contribution in [0.25, 0.3) is 0 Å². The number of hydrogen-bond acceptors (Lipinski definition) is 11. The van der Waals surface area contributed by atoms with Gasteiger partial charge in [-0.1, -0.05) is 12.1 Å². The van der Waals surface area contributed by atoms with Crippen LogP contribution in [0.3, 0.4) is 0 Å². The van der Waals surface area contributed by atoms with Gasteiger partial charge in [-0.3, -0.25) is 14.4 Å². The Balaban J connectivity index is 1.68. The Hall–Kier alpha value is -3.35. The van der Waals surface area contributed by atoms with Gasteiger partial charge in [0.2, 0.25) is 5.78 Å². The largest absolute Gasteiger partial charge is 0.507 e. The molecule has 36 heavy (non-hydrogen) atoms. The first-order valence-corrected chi connectivity index (χ1v) is 11.4. The summed E-state index contributed by atoms with van der Waals surface area (Å²) in [7, 11) is 0. The standard InChI is InChI=1S/C25H25NO10/c1-9(27)25(34)6-11-18(15(7-25)36-16-5-12(26)14(29)8-35-16)24(33)20-19(22(11)31)21(30)10-3-2-4-13(28)17(10)23(20)32/h2-4,12,14-16,28-29,31,33-34H,5-8,26H2,1H3. The van der Waals surface area contributed by atoms with E-state index in [1.807, 2.05) is 0 Å². The first-order chi connectivity index (χ1) is 16.9. The van der Waals surface area contributed by atoms with Crippen LogP contribution in [0.15, 0.2) is 18.2 Å². The number of nitrogens with two attached hydrogens (primary N) is 1. The van der Waals surface area contributed by atoms with Gasteiger partial charge in [-0.25, -0.2) is 0 Å². The number of aromatic hydroxyl groups is 3. The van der Waals surface area contributed by atoms with E-state index in [4.69, 9.17) is 15.2 Å². The lowest BCUT2D eigenvalue weighted by Gasteiger charge is -2.40. The number of carbonyl (C=O) groups excluding carboxylic acids is 3. The highest BCUT2D eigenvalue weighted by Gasteiger charge is 2.49. The molecule has 7 N–H and O–H groups in total. The molecule has 5 unspecified atom stereocenters. The number of benzene rings is 2. The van der Waals surface area contributed by atoms with Crippen molar-refractivity contribution in [2.75, 3.05) is 6.61 Å². The molecule has 190 valence electrons. The molecule has 5 rings (SSSR count). The molecular weight excluding hydrogens is 474 g/mol. The zero-order chi connectivity index (χ0) is 26.1. The molecule has 1 fully saturated rings. The summed E-state index contributed by atoms with van der Waals surface area (Å²) in [6.45, 7) is 1.03. The summed E-state index contributed by atoms with van der Waals surface area (Å²) < 4.78 is 11.4. The number of hydrogen-bond donors (Lipinski definition) is 6. The number of ketones is 3. The molecule has 2 aliphatic carbocycles. The van der Waals surface area contributed by atoms with Crippen molar-refractivity contribution in [3.05, 3.63) is 51.6 Å². The summed E-state index contributed by atoms with van der Waals surface area (Å²) in [6.07, 6.45) is -3.89. The SMILES string of the molecule is CC(=O)C1(O)Cc2c(O)c3c(c(O)c2C(OC2CC(N)C(O)CO2)C1)C(=O)c1c(O)cccc1C3=O. The third-order valence-corrected chi connectivity index (χ3v) is 7.26. The van der Waals surface area contributed by atoms with E-state index in [0.29, 0.717) is 0 Å². The Labute approximate surface area is 204 Å². The molecule has 5 atom stereocenters. The average Bonchev–Trinajstić information content (AvgIpc) is 2.81. The fraction of sp³-hybridized carbons (Fsp3) is 0.400. The van der Waals surface area contributed by atoms with E-state index >= 15 is 0 Å². The second kappa shape index (κ2) is 8.36. The Morgan fingerprint density at radius 3 is 2.47 bits per heavy atom. The van der Waals surface area contributed by atoms with Gasteiger partial charge in [0.05, 0.1) is 35.5 Å². The molecule has 0 amide bonds. The van der Waals surface area contributed by atoms with Gasteiger partial charge < -0.3 is 40.7 Å². The van der Waals surface area contributed by atoms with E-state index < -0.39 is 82.3 Å². The van der Waals surface area contributed by atoms with Crippen molar-refractivity contribution in [2.24, 2.45) is 5.73 Å². The normalized spacial score (nSPS) is 29.3. The molecular formula is C25H25NO10. The molecule has 1 heterocycles. The number of Topliss-reactive ketones (excluding diaryl/α,β-unsaturated/α-hetero) is 1. The van der Waals surface area contributed by atoms with Crippen molar-refractivity contribution in [1.82, 2.24) is 0 Å². The number of aliphatic hydroxyl groups is 2. The second-order valence-corrected chi connectivity index (χ2v) is 9.52. The lowest BCUT2D eigenvalue weighted by atomic mass is 9.72.